The Hall–Kier alpha value is -2.86. The molecule has 152 valence electrons. The summed E-state index contributed by atoms with van der Waals surface area (Å²) in [5, 5.41) is 15.9. The molecule has 1 aliphatic rings. The largest absolute Gasteiger partial charge is 0.377 e. The van der Waals surface area contributed by atoms with Crippen LogP contribution in [0.5, 0.6) is 0 Å². The Balaban J connectivity index is 1.79. The molecule has 0 unspecified atom stereocenters. The number of rotatable bonds is 3. The Labute approximate surface area is 180 Å². The van der Waals surface area contributed by atoms with E-state index in [4.69, 9.17) is 0 Å². The molecule has 2 nitrogen and oxygen atoms in total. The zero-order chi connectivity index (χ0) is 21.0. The van der Waals surface area contributed by atoms with Crippen LogP contribution in [0.2, 0.25) is 0 Å². The molecule has 30 heavy (non-hydrogen) atoms. The Morgan fingerprint density at radius 3 is 1.93 bits per heavy atom. The first-order valence-corrected chi connectivity index (χ1v) is 10.7. The van der Waals surface area contributed by atoms with Crippen LogP contribution in [0.15, 0.2) is 91.0 Å². The van der Waals surface area contributed by atoms with E-state index in [0.29, 0.717) is 6.42 Å². The van der Waals surface area contributed by atoms with E-state index in [2.05, 4.69) is 79.5 Å². The van der Waals surface area contributed by atoms with Crippen LogP contribution in [-0.4, -0.2) is 10.7 Å². The highest BCUT2D eigenvalue weighted by atomic mass is 16.3. The van der Waals surface area contributed by atoms with Gasteiger partial charge in [0.1, 0.15) is 5.60 Å². The summed E-state index contributed by atoms with van der Waals surface area (Å²) >= 11 is 0. The quantitative estimate of drug-likeness (QED) is 0.573. The molecule has 3 aromatic carbocycles. The maximum Gasteiger partial charge on any atom is 0.132 e. The normalized spacial score (nSPS) is 26.1. The van der Waals surface area contributed by atoms with Crippen molar-refractivity contribution in [2.45, 2.75) is 38.0 Å². The molecule has 4 rings (SSSR count). The second-order valence-electron chi connectivity index (χ2n) is 8.53. The van der Waals surface area contributed by atoms with Crippen LogP contribution in [0.4, 0.5) is 0 Å². The Bertz CT molecular complexity index is 1000. The molecule has 0 saturated carbocycles. The highest BCUT2D eigenvalue weighted by Gasteiger charge is 2.48. The minimum absolute atomic E-state index is 0.0141. The van der Waals surface area contributed by atoms with Gasteiger partial charge in [0.2, 0.25) is 0 Å². The lowest BCUT2D eigenvalue weighted by Crippen LogP contribution is -2.54. The van der Waals surface area contributed by atoms with E-state index in [1.165, 1.54) is 11.1 Å². The second kappa shape index (κ2) is 8.88. The highest BCUT2D eigenvalue weighted by molar-refractivity contribution is 5.38. The molecule has 3 aromatic rings. The van der Waals surface area contributed by atoms with Crippen molar-refractivity contribution < 1.29 is 5.11 Å². The fourth-order valence-corrected chi connectivity index (χ4v) is 4.74. The van der Waals surface area contributed by atoms with E-state index < -0.39 is 5.60 Å². The van der Waals surface area contributed by atoms with Crippen LogP contribution in [-0.2, 0) is 0 Å². The zero-order valence-corrected chi connectivity index (χ0v) is 17.6. The third-order valence-electron chi connectivity index (χ3n) is 6.08. The molecule has 4 atom stereocenters. The molecule has 0 radical (unpaired) electrons. The van der Waals surface area contributed by atoms with Crippen LogP contribution < -0.4 is 5.32 Å². The first-order chi connectivity index (χ1) is 14.6. The summed E-state index contributed by atoms with van der Waals surface area (Å²) in [6, 6.07) is 30.8. The van der Waals surface area contributed by atoms with Gasteiger partial charge >= 0.3 is 0 Å². The molecule has 0 spiro atoms. The fourth-order valence-electron chi connectivity index (χ4n) is 4.74. The van der Waals surface area contributed by atoms with Crippen molar-refractivity contribution in [1.82, 2.24) is 5.32 Å². The molecule has 1 heterocycles. The molecular formula is C28H29NO. The van der Waals surface area contributed by atoms with E-state index in [0.717, 1.165) is 5.56 Å². The first-order valence-electron chi connectivity index (χ1n) is 10.7. The van der Waals surface area contributed by atoms with Gasteiger partial charge in [0, 0.05) is 30.0 Å². The molecule has 0 bridgehead atoms. The van der Waals surface area contributed by atoms with Gasteiger partial charge in [0.25, 0.3) is 0 Å². The van der Waals surface area contributed by atoms with Crippen molar-refractivity contribution in [1.29, 1.82) is 0 Å². The molecule has 1 fully saturated rings. The lowest BCUT2D eigenvalue weighted by atomic mass is 9.67. The fraction of sp³-hybridized carbons (Fsp3) is 0.286. The van der Waals surface area contributed by atoms with Crippen molar-refractivity contribution >= 4 is 0 Å². The molecule has 2 N–H and O–H groups in total. The monoisotopic (exact) mass is 395 g/mol. The van der Waals surface area contributed by atoms with Crippen LogP contribution in [0.25, 0.3) is 0 Å². The molecular weight excluding hydrogens is 366 g/mol. The maximum atomic E-state index is 12.0. The number of aliphatic hydroxyl groups is 1. The standard InChI is InChI=1S/C28H29NO/c1-21(2)26-27(24-16-10-5-11-17-24)29-25(23-14-8-4-9-15-23)20-28(26,30)19-18-22-12-6-3-7-13-22/h3-17,21,25-27,29-30H,20H2,1-2H3/t25-,26-,27+,28+/m0/s1. The van der Waals surface area contributed by atoms with Gasteiger partial charge < -0.3 is 10.4 Å². The summed E-state index contributed by atoms with van der Waals surface area (Å²) in [7, 11) is 0. The van der Waals surface area contributed by atoms with E-state index in [1.807, 2.05) is 42.5 Å². The molecule has 2 heteroatoms. The first kappa shape index (κ1) is 20.4. The minimum atomic E-state index is -1.10. The van der Waals surface area contributed by atoms with Crippen LogP contribution in [0.1, 0.15) is 49.0 Å². The van der Waals surface area contributed by atoms with Crippen molar-refractivity contribution in [3.63, 3.8) is 0 Å². The lowest BCUT2D eigenvalue weighted by Gasteiger charge is -2.48. The highest BCUT2D eigenvalue weighted by Crippen LogP contribution is 2.46. The van der Waals surface area contributed by atoms with Gasteiger partial charge in [-0.25, -0.2) is 0 Å². The van der Waals surface area contributed by atoms with Crippen LogP contribution >= 0.6 is 0 Å². The van der Waals surface area contributed by atoms with Crippen LogP contribution in [0.3, 0.4) is 0 Å². The van der Waals surface area contributed by atoms with Gasteiger partial charge in [-0.2, -0.15) is 0 Å². The molecule has 0 aliphatic carbocycles. The number of hydrogen-bond acceptors (Lipinski definition) is 2. The molecule has 1 saturated heterocycles. The predicted octanol–water partition coefficient (Wildman–Crippen LogP) is 5.52. The van der Waals surface area contributed by atoms with Crippen LogP contribution in [0, 0.1) is 23.7 Å². The predicted molar refractivity (Wildman–Crippen MR) is 123 cm³/mol. The number of piperidine rings is 1. The van der Waals surface area contributed by atoms with Gasteiger partial charge in [-0.05, 0) is 29.2 Å². The van der Waals surface area contributed by atoms with E-state index in [-0.39, 0.29) is 23.9 Å². The summed E-state index contributed by atoms with van der Waals surface area (Å²) in [5.74, 6) is 6.79. The third-order valence-corrected chi connectivity index (χ3v) is 6.08. The summed E-state index contributed by atoms with van der Waals surface area (Å²) in [6.07, 6.45) is 0.559. The SMILES string of the molecule is CC(C)[C@H]1[C@@H](c2ccccc2)N[C@H](c2ccccc2)C[C@]1(O)C#Cc1ccccc1. The Morgan fingerprint density at radius 2 is 1.37 bits per heavy atom. The molecule has 0 amide bonds. The van der Waals surface area contributed by atoms with E-state index in [1.54, 1.807) is 0 Å². The number of nitrogens with one attached hydrogen (secondary N) is 1. The average Bonchev–Trinajstić information content (AvgIpc) is 2.79. The molecule has 1 aliphatic heterocycles. The minimum Gasteiger partial charge on any atom is -0.377 e. The summed E-state index contributed by atoms with van der Waals surface area (Å²) < 4.78 is 0. The van der Waals surface area contributed by atoms with Crippen molar-refractivity contribution in [2.24, 2.45) is 11.8 Å². The van der Waals surface area contributed by atoms with Gasteiger partial charge in [0.15, 0.2) is 0 Å². The second-order valence-corrected chi connectivity index (χ2v) is 8.53. The van der Waals surface area contributed by atoms with Gasteiger partial charge in [-0.3, -0.25) is 0 Å². The Kier molecular flexibility index (Phi) is 6.04. The van der Waals surface area contributed by atoms with Gasteiger partial charge in [0.05, 0.1) is 0 Å². The third kappa shape index (κ3) is 4.33. The number of benzene rings is 3. The van der Waals surface area contributed by atoms with E-state index >= 15 is 0 Å². The van der Waals surface area contributed by atoms with Crippen molar-refractivity contribution in [3.8, 4) is 11.8 Å². The molecule has 0 aromatic heterocycles. The summed E-state index contributed by atoms with van der Waals surface area (Å²) in [5.41, 5.74) is 2.20. The summed E-state index contributed by atoms with van der Waals surface area (Å²) in [6.45, 7) is 4.36. The van der Waals surface area contributed by atoms with Gasteiger partial charge in [-0.15, -0.1) is 0 Å². The summed E-state index contributed by atoms with van der Waals surface area (Å²) in [4.78, 5) is 0. The topological polar surface area (TPSA) is 32.3 Å². The number of hydrogen-bond donors (Lipinski definition) is 2. The van der Waals surface area contributed by atoms with Gasteiger partial charge in [-0.1, -0.05) is 105 Å². The van der Waals surface area contributed by atoms with Crippen molar-refractivity contribution in [3.05, 3.63) is 108 Å². The lowest BCUT2D eigenvalue weighted by molar-refractivity contribution is -0.0478. The zero-order valence-electron chi connectivity index (χ0n) is 17.6. The Morgan fingerprint density at radius 1 is 0.833 bits per heavy atom. The van der Waals surface area contributed by atoms with E-state index in [9.17, 15) is 5.11 Å². The smallest absolute Gasteiger partial charge is 0.132 e. The average molecular weight is 396 g/mol. The maximum absolute atomic E-state index is 12.0. The van der Waals surface area contributed by atoms with Crippen molar-refractivity contribution in [2.75, 3.05) is 0 Å².